The first-order valence-corrected chi connectivity index (χ1v) is 6.94. The van der Waals surface area contributed by atoms with Crippen LogP contribution in [0.1, 0.15) is 18.5 Å². The van der Waals surface area contributed by atoms with E-state index in [0.29, 0.717) is 18.2 Å². The Morgan fingerprint density at radius 2 is 2.10 bits per heavy atom. The summed E-state index contributed by atoms with van der Waals surface area (Å²) in [6.07, 6.45) is 4.49. The average molecular weight is 333 g/mol. The molecule has 1 aromatic rings. The summed E-state index contributed by atoms with van der Waals surface area (Å²) in [6, 6.07) is 4.21. The van der Waals surface area contributed by atoms with Gasteiger partial charge < -0.3 is 10.6 Å². The van der Waals surface area contributed by atoms with E-state index in [1.807, 2.05) is 11.0 Å². The van der Waals surface area contributed by atoms with Gasteiger partial charge in [0.25, 0.3) is 0 Å². The van der Waals surface area contributed by atoms with Gasteiger partial charge in [-0.25, -0.2) is 0 Å². The molecule has 0 bridgehead atoms. The topological polar surface area (TPSA) is 62.5 Å². The lowest BCUT2D eigenvalue weighted by Crippen LogP contribution is -2.52. The zero-order valence-electron chi connectivity index (χ0n) is 11.9. The molecule has 0 spiro atoms. The van der Waals surface area contributed by atoms with Gasteiger partial charge in [-0.2, -0.15) is 0 Å². The van der Waals surface area contributed by atoms with E-state index >= 15 is 0 Å². The van der Waals surface area contributed by atoms with Gasteiger partial charge in [0.1, 0.15) is 0 Å². The fourth-order valence-corrected chi connectivity index (χ4v) is 3.02. The summed E-state index contributed by atoms with van der Waals surface area (Å²) < 4.78 is 0. The molecular weight excluding hydrogens is 311 g/mol. The van der Waals surface area contributed by atoms with E-state index in [1.54, 1.807) is 12.3 Å². The highest BCUT2D eigenvalue weighted by Crippen LogP contribution is 2.21. The van der Waals surface area contributed by atoms with Crippen LogP contribution in [0.15, 0.2) is 18.3 Å². The number of aromatic nitrogens is 1. The van der Waals surface area contributed by atoms with Crippen LogP contribution < -0.4 is 5.73 Å². The second-order valence-electron chi connectivity index (χ2n) is 5.43. The molecule has 2 aliphatic rings. The molecule has 7 heteroatoms. The summed E-state index contributed by atoms with van der Waals surface area (Å²) in [4.78, 5) is 21.0. The van der Waals surface area contributed by atoms with Crippen molar-refractivity contribution in [2.24, 2.45) is 0 Å². The number of nitrogens with zero attached hydrogens (tertiary/aromatic N) is 3. The zero-order valence-corrected chi connectivity index (χ0v) is 13.5. The third-order valence-electron chi connectivity index (χ3n) is 4.12. The van der Waals surface area contributed by atoms with Gasteiger partial charge in [0.15, 0.2) is 0 Å². The van der Waals surface area contributed by atoms with Gasteiger partial charge >= 0.3 is 0 Å². The number of fused-ring (bicyclic) bond motifs is 1. The minimum atomic E-state index is 0. The van der Waals surface area contributed by atoms with E-state index in [2.05, 4.69) is 9.88 Å². The van der Waals surface area contributed by atoms with E-state index in [1.165, 1.54) is 19.4 Å². The highest BCUT2D eigenvalue weighted by molar-refractivity contribution is 5.85. The Kier molecular flexibility index (Phi) is 6.71. The lowest BCUT2D eigenvalue weighted by Gasteiger charge is -2.37. The minimum Gasteiger partial charge on any atom is -0.397 e. The van der Waals surface area contributed by atoms with Crippen LogP contribution in [-0.2, 0) is 11.2 Å². The number of halogens is 2. The van der Waals surface area contributed by atoms with Crippen molar-refractivity contribution in [3.63, 3.8) is 0 Å². The predicted molar refractivity (Wildman–Crippen MR) is 88.0 cm³/mol. The second-order valence-corrected chi connectivity index (χ2v) is 5.43. The Hall–Kier alpha value is -1.04. The van der Waals surface area contributed by atoms with Crippen LogP contribution in [0.5, 0.6) is 0 Å². The van der Waals surface area contributed by atoms with Crippen LogP contribution in [0.3, 0.4) is 0 Å². The molecule has 2 N–H and O–H groups in total. The van der Waals surface area contributed by atoms with Gasteiger partial charge in [0.05, 0.1) is 18.3 Å². The molecule has 118 valence electrons. The Morgan fingerprint density at radius 1 is 1.29 bits per heavy atom. The minimum absolute atomic E-state index is 0. The molecule has 0 radical (unpaired) electrons. The zero-order chi connectivity index (χ0) is 13.2. The van der Waals surface area contributed by atoms with Crippen LogP contribution in [0.4, 0.5) is 5.69 Å². The van der Waals surface area contributed by atoms with E-state index in [4.69, 9.17) is 5.73 Å². The first kappa shape index (κ1) is 18.0. The highest BCUT2D eigenvalue weighted by Gasteiger charge is 2.32. The van der Waals surface area contributed by atoms with Crippen LogP contribution >= 0.6 is 24.8 Å². The molecule has 2 fully saturated rings. The number of nitrogen functional groups attached to an aromatic ring is 1. The molecule has 0 aliphatic carbocycles. The number of nitrogens with two attached hydrogens (primary N) is 1. The number of carbonyl (C=O) groups is 1. The van der Waals surface area contributed by atoms with E-state index in [-0.39, 0.29) is 30.7 Å². The van der Waals surface area contributed by atoms with E-state index in [9.17, 15) is 4.79 Å². The van der Waals surface area contributed by atoms with Crippen molar-refractivity contribution in [2.45, 2.75) is 25.3 Å². The van der Waals surface area contributed by atoms with Gasteiger partial charge in [0.2, 0.25) is 5.91 Å². The molecule has 1 unspecified atom stereocenters. The predicted octanol–water partition coefficient (Wildman–Crippen LogP) is 1.36. The van der Waals surface area contributed by atoms with Crippen LogP contribution in [0, 0.1) is 0 Å². The Labute approximate surface area is 137 Å². The molecule has 2 saturated heterocycles. The average Bonchev–Trinajstić information content (AvgIpc) is 2.88. The van der Waals surface area contributed by atoms with Crippen molar-refractivity contribution in [3.05, 3.63) is 24.0 Å². The van der Waals surface area contributed by atoms with Gasteiger partial charge in [-0.05, 0) is 31.5 Å². The summed E-state index contributed by atoms with van der Waals surface area (Å²) >= 11 is 0. The number of piperazine rings is 1. The third kappa shape index (κ3) is 4.22. The second kappa shape index (κ2) is 7.82. The summed E-state index contributed by atoms with van der Waals surface area (Å²) in [6.45, 7) is 3.95. The normalized spacial score (nSPS) is 21.1. The van der Waals surface area contributed by atoms with Crippen molar-refractivity contribution < 1.29 is 4.79 Å². The quantitative estimate of drug-likeness (QED) is 0.888. The van der Waals surface area contributed by atoms with Crippen molar-refractivity contribution in [1.82, 2.24) is 14.8 Å². The number of rotatable bonds is 2. The van der Waals surface area contributed by atoms with E-state index in [0.717, 1.165) is 25.3 Å². The van der Waals surface area contributed by atoms with E-state index < -0.39 is 0 Å². The lowest BCUT2D eigenvalue weighted by atomic mass is 10.1. The number of anilines is 1. The van der Waals surface area contributed by atoms with Crippen LogP contribution in [0.2, 0.25) is 0 Å². The van der Waals surface area contributed by atoms with Crippen molar-refractivity contribution in [3.8, 4) is 0 Å². The highest BCUT2D eigenvalue weighted by atomic mass is 35.5. The number of amides is 1. The number of hydrogen-bond acceptors (Lipinski definition) is 4. The van der Waals surface area contributed by atoms with Gasteiger partial charge in [-0.15, -0.1) is 24.8 Å². The molecule has 1 atom stereocenters. The molecular formula is C14H22Cl2N4O. The van der Waals surface area contributed by atoms with Crippen LogP contribution in [-0.4, -0.2) is 52.9 Å². The molecule has 3 heterocycles. The molecule has 0 saturated carbocycles. The largest absolute Gasteiger partial charge is 0.397 e. The molecule has 2 aliphatic heterocycles. The molecule has 3 rings (SSSR count). The maximum absolute atomic E-state index is 12.3. The Bertz CT molecular complexity index is 469. The molecule has 1 aromatic heterocycles. The lowest BCUT2D eigenvalue weighted by molar-refractivity contribution is -0.133. The first-order valence-electron chi connectivity index (χ1n) is 6.94. The van der Waals surface area contributed by atoms with Crippen molar-refractivity contribution in [2.75, 3.05) is 31.9 Å². The summed E-state index contributed by atoms with van der Waals surface area (Å²) in [7, 11) is 0. The smallest absolute Gasteiger partial charge is 0.228 e. The van der Waals surface area contributed by atoms with Crippen molar-refractivity contribution in [1.29, 1.82) is 0 Å². The van der Waals surface area contributed by atoms with Gasteiger partial charge in [-0.1, -0.05) is 0 Å². The number of carbonyl (C=O) groups excluding carboxylic acids is 1. The maximum Gasteiger partial charge on any atom is 0.228 e. The molecule has 0 aromatic carbocycles. The van der Waals surface area contributed by atoms with Gasteiger partial charge in [-0.3, -0.25) is 14.7 Å². The standard InChI is InChI=1S/C14H20N4O.2ClH/c15-11-3-4-12(16-9-11)8-14(19)18-7-6-17-5-1-2-13(17)10-18;;/h3-4,9,13H,1-2,5-8,10,15H2;2*1H. The Morgan fingerprint density at radius 3 is 2.81 bits per heavy atom. The fraction of sp³-hybridized carbons (Fsp3) is 0.571. The number of hydrogen-bond donors (Lipinski definition) is 1. The Balaban J connectivity index is 0.00000110. The molecule has 1 amide bonds. The SMILES string of the molecule is Cl.Cl.Nc1ccc(CC(=O)N2CCN3CCCC3C2)nc1. The molecule has 21 heavy (non-hydrogen) atoms. The fourth-order valence-electron chi connectivity index (χ4n) is 3.02. The summed E-state index contributed by atoms with van der Waals surface area (Å²) in [5, 5.41) is 0. The maximum atomic E-state index is 12.3. The third-order valence-corrected chi connectivity index (χ3v) is 4.12. The molecule has 5 nitrogen and oxygen atoms in total. The van der Waals surface area contributed by atoms with Crippen LogP contribution in [0.25, 0.3) is 0 Å². The van der Waals surface area contributed by atoms with Gasteiger partial charge in [0, 0.05) is 31.4 Å². The summed E-state index contributed by atoms with van der Waals surface area (Å²) in [5.41, 5.74) is 7.03. The number of pyridine rings is 1. The first-order chi connectivity index (χ1) is 9.22. The van der Waals surface area contributed by atoms with Crippen molar-refractivity contribution >= 4 is 36.4 Å². The monoisotopic (exact) mass is 332 g/mol. The summed E-state index contributed by atoms with van der Waals surface area (Å²) in [5.74, 6) is 0.184.